The van der Waals surface area contributed by atoms with E-state index < -0.39 is 0 Å². The Morgan fingerprint density at radius 1 is 1.55 bits per heavy atom. The molecule has 0 heterocycles. The molecular weight excluding hydrogens is 325 g/mol. The van der Waals surface area contributed by atoms with Crippen LogP contribution in [-0.2, 0) is 9.53 Å². The highest BCUT2D eigenvalue weighted by atomic mass is 79.9. The van der Waals surface area contributed by atoms with Crippen LogP contribution in [0.15, 0.2) is 24.3 Å². The highest BCUT2D eigenvalue weighted by Crippen LogP contribution is 2.31. The van der Waals surface area contributed by atoms with Crippen molar-refractivity contribution in [3.63, 3.8) is 0 Å². The monoisotopic (exact) mass is 343 g/mol. The van der Waals surface area contributed by atoms with Crippen LogP contribution in [0, 0.1) is 11.7 Å². The van der Waals surface area contributed by atoms with Crippen molar-refractivity contribution < 1.29 is 13.9 Å². The smallest absolute Gasteiger partial charge is 0.233 e. The van der Waals surface area contributed by atoms with Gasteiger partial charge in [0.2, 0.25) is 5.91 Å². The number of nitrogens with one attached hydrogen (secondary N) is 1. The van der Waals surface area contributed by atoms with E-state index in [4.69, 9.17) is 4.74 Å². The number of ether oxygens (including phenoxy) is 1. The van der Waals surface area contributed by atoms with Crippen molar-refractivity contribution in [1.29, 1.82) is 0 Å². The van der Waals surface area contributed by atoms with Crippen LogP contribution in [-0.4, -0.2) is 23.9 Å². The topological polar surface area (TPSA) is 38.3 Å². The van der Waals surface area contributed by atoms with Crippen molar-refractivity contribution in [1.82, 2.24) is 5.32 Å². The van der Waals surface area contributed by atoms with Gasteiger partial charge >= 0.3 is 0 Å². The Morgan fingerprint density at radius 2 is 2.30 bits per heavy atom. The first kappa shape index (κ1) is 15.4. The van der Waals surface area contributed by atoms with Crippen LogP contribution in [0.25, 0.3) is 0 Å². The number of hydrogen-bond donors (Lipinski definition) is 1. The zero-order chi connectivity index (χ0) is 14.5. The van der Waals surface area contributed by atoms with Gasteiger partial charge in [-0.1, -0.05) is 28.1 Å². The Kier molecular flexibility index (Phi) is 5.54. The first-order valence-corrected chi connectivity index (χ1v) is 7.76. The van der Waals surface area contributed by atoms with E-state index in [9.17, 15) is 9.18 Å². The van der Waals surface area contributed by atoms with E-state index in [2.05, 4.69) is 21.2 Å². The molecular formula is C15H19BrFNO2. The molecule has 1 saturated carbocycles. The molecule has 1 N–H and O–H groups in total. The van der Waals surface area contributed by atoms with E-state index in [1.165, 1.54) is 25.0 Å². The molecule has 2 rings (SSSR count). The fraction of sp³-hybridized carbons (Fsp3) is 0.533. The molecule has 0 unspecified atom stereocenters. The number of benzene rings is 1. The quantitative estimate of drug-likeness (QED) is 0.772. The van der Waals surface area contributed by atoms with Gasteiger partial charge in [0, 0.05) is 6.54 Å². The third kappa shape index (κ3) is 4.87. The zero-order valence-electron chi connectivity index (χ0n) is 11.4. The van der Waals surface area contributed by atoms with E-state index in [1.807, 2.05) is 6.07 Å². The van der Waals surface area contributed by atoms with E-state index in [0.29, 0.717) is 19.1 Å². The van der Waals surface area contributed by atoms with Gasteiger partial charge in [-0.15, -0.1) is 0 Å². The fourth-order valence-corrected chi connectivity index (χ4v) is 2.01. The van der Waals surface area contributed by atoms with Gasteiger partial charge in [-0.25, -0.2) is 4.39 Å². The number of alkyl halides is 1. The van der Waals surface area contributed by atoms with Gasteiger partial charge in [0.25, 0.3) is 0 Å². The summed E-state index contributed by atoms with van der Waals surface area (Å²) in [7, 11) is 0. The van der Waals surface area contributed by atoms with Crippen LogP contribution < -0.4 is 5.32 Å². The molecule has 20 heavy (non-hydrogen) atoms. The van der Waals surface area contributed by atoms with Crippen molar-refractivity contribution in [3.8, 4) is 0 Å². The minimum atomic E-state index is -0.304. The molecule has 1 fully saturated rings. The number of rotatable bonds is 7. The van der Waals surface area contributed by atoms with Crippen molar-refractivity contribution in [3.05, 3.63) is 35.6 Å². The van der Waals surface area contributed by atoms with E-state index in [-0.39, 0.29) is 22.7 Å². The molecule has 1 aromatic rings. The molecule has 0 aliphatic heterocycles. The second kappa shape index (κ2) is 7.18. The minimum Gasteiger partial charge on any atom is -0.371 e. The average Bonchev–Trinajstić information content (AvgIpc) is 3.22. The van der Waals surface area contributed by atoms with Crippen molar-refractivity contribution in [2.45, 2.75) is 30.7 Å². The number of carbonyl (C=O) groups is 1. The molecule has 0 aromatic heterocycles. The van der Waals surface area contributed by atoms with Gasteiger partial charge in [0.1, 0.15) is 5.82 Å². The van der Waals surface area contributed by atoms with Crippen LogP contribution in [0.5, 0.6) is 0 Å². The van der Waals surface area contributed by atoms with Crippen molar-refractivity contribution >= 4 is 21.8 Å². The highest BCUT2D eigenvalue weighted by molar-refractivity contribution is 9.10. The predicted octanol–water partition coefficient (Wildman–Crippen LogP) is 3.19. The second-order valence-electron chi connectivity index (χ2n) is 5.18. The van der Waals surface area contributed by atoms with Crippen LogP contribution in [0.3, 0.4) is 0 Å². The molecule has 0 spiro atoms. The summed E-state index contributed by atoms with van der Waals surface area (Å²) in [5.74, 6) is 0.237. The normalized spacial score (nSPS) is 17.6. The van der Waals surface area contributed by atoms with Gasteiger partial charge in [-0.3, -0.25) is 4.79 Å². The molecule has 5 heteroatoms. The lowest BCUT2D eigenvalue weighted by Gasteiger charge is -2.19. The molecule has 1 aliphatic rings. The first-order chi connectivity index (χ1) is 9.56. The lowest BCUT2D eigenvalue weighted by molar-refractivity contribution is -0.120. The molecule has 2 atom stereocenters. The van der Waals surface area contributed by atoms with Crippen LogP contribution >= 0.6 is 15.9 Å². The Balaban J connectivity index is 1.97. The Bertz CT molecular complexity index is 463. The van der Waals surface area contributed by atoms with E-state index in [0.717, 1.165) is 5.56 Å². The molecule has 0 saturated heterocycles. The lowest BCUT2D eigenvalue weighted by Crippen LogP contribution is -2.33. The number of halogens is 2. The summed E-state index contributed by atoms with van der Waals surface area (Å²) >= 11 is 3.22. The van der Waals surface area contributed by atoms with Gasteiger partial charge in [-0.05, 0) is 43.4 Å². The Labute approximate surface area is 127 Å². The van der Waals surface area contributed by atoms with Crippen LogP contribution in [0.1, 0.15) is 31.4 Å². The maximum atomic E-state index is 13.3. The first-order valence-electron chi connectivity index (χ1n) is 6.85. The summed E-state index contributed by atoms with van der Waals surface area (Å²) in [6.07, 6.45) is 2.09. The second-order valence-corrected chi connectivity index (χ2v) is 6.56. The van der Waals surface area contributed by atoms with Crippen LogP contribution in [0.4, 0.5) is 4.39 Å². The molecule has 0 bridgehead atoms. The van der Waals surface area contributed by atoms with Crippen LogP contribution in [0.2, 0.25) is 0 Å². The SMILES string of the molecule is C[C@H](Br)C(=O)NC[C@@H](OCC1CC1)c1cccc(F)c1. The Hall–Kier alpha value is -0.940. The summed E-state index contributed by atoms with van der Waals surface area (Å²) in [6.45, 7) is 2.78. The fourth-order valence-electron chi connectivity index (χ4n) is 1.85. The largest absolute Gasteiger partial charge is 0.371 e. The van der Waals surface area contributed by atoms with Gasteiger partial charge in [-0.2, -0.15) is 0 Å². The minimum absolute atomic E-state index is 0.0959. The number of amides is 1. The maximum Gasteiger partial charge on any atom is 0.233 e. The lowest BCUT2D eigenvalue weighted by atomic mass is 10.1. The molecule has 0 radical (unpaired) electrons. The Morgan fingerprint density at radius 3 is 2.90 bits per heavy atom. The summed E-state index contributed by atoms with van der Waals surface area (Å²) in [5.41, 5.74) is 0.758. The van der Waals surface area contributed by atoms with Gasteiger partial charge in [0.05, 0.1) is 17.5 Å². The highest BCUT2D eigenvalue weighted by Gasteiger charge is 2.24. The summed E-state index contributed by atoms with van der Waals surface area (Å²) in [6, 6.07) is 6.35. The number of carbonyl (C=O) groups excluding carboxylic acids is 1. The third-order valence-electron chi connectivity index (χ3n) is 3.27. The van der Waals surface area contributed by atoms with Crippen molar-refractivity contribution in [2.75, 3.05) is 13.2 Å². The summed E-state index contributed by atoms with van der Waals surface area (Å²) in [5, 5.41) is 2.81. The molecule has 1 aliphatic carbocycles. The average molecular weight is 344 g/mol. The van der Waals surface area contributed by atoms with Gasteiger partial charge in [0.15, 0.2) is 0 Å². The van der Waals surface area contributed by atoms with E-state index in [1.54, 1.807) is 13.0 Å². The van der Waals surface area contributed by atoms with E-state index >= 15 is 0 Å². The van der Waals surface area contributed by atoms with Crippen molar-refractivity contribution in [2.24, 2.45) is 5.92 Å². The zero-order valence-corrected chi connectivity index (χ0v) is 13.0. The standard InChI is InChI=1S/C15H19BrFNO2/c1-10(16)15(19)18-8-14(20-9-11-5-6-11)12-3-2-4-13(17)7-12/h2-4,7,10-11,14H,5-6,8-9H2,1H3,(H,18,19)/t10-,14+/m0/s1. The molecule has 1 amide bonds. The van der Waals surface area contributed by atoms with Gasteiger partial charge < -0.3 is 10.1 Å². The molecule has 110 valence electrons. The summed E-state index contributed by atoms with van der Waals surface area (Å²) in [4.78, 5) is 11.4. The predicted molar refractivity (Wildman–Crippen MR) is 79.2 cm³/mol. The summed E-state index contributed by atoms with van der Waals surface area (Å²) < 4.78 is 19.2. The molecule has 1 aromatic carbocycles. The maximum absolute atomic E-state index is 13.3. The molecule has 3 nitrogen and oxygen atoms in total. The number of hydrogen-bond acceptors (Lipinski definition) is 2. The third-order valence-corrected chi connectivity index (χ3v) is 3.69.